The Hall–Kier alpha value is -3.68. The molecule has 0 unspecified atom stereocenters. The summed E-state index contributed by atoms with van der Waals surface area (Å²) in [6.45, 7) is 15.1. The summed E-state index contributed by atoms with van der Waals surface area (Å²) in [5.41, 5.74) is 14.5. The Balaban J connectivity index is 1.54. The molecule has 204 valence electrons. The van der Waals surface area contributed by atoms with E-state index in [0.717, 1.165) is 12.8 Å². The van der Waals surface area contributed by atoms with Crippen LogP contribution in [-0.2, 0) is 12.8 Å². The summed E-state index contributed by atoms with van der Waals surface area (Å²) in [5.74, 6) is 0. The molecule has 5 aromatic rings. The number of benzene rings is 5. The van der Waals surface area contributed by atoms with Crippen LogP contribution in [0.15, 0.2) is 109 Å². The van der Waals surface area contributed by atoms with Gasteiger partial charge in [0.25, 0.3) is 0 Å². The molecule has 0 heterocycles. The molecule has 0 spiro atoms. The predicted octanol–water partition coefficient (Wildman–Crippen LogP) is 9.66. The molecule has 0 atom stereocenters. The van der Waals surface area contributed by atoms with Gasteiger partial charge in [-0.25, -0.2) is 0 Å². The van der Waals surface area contributed by atoms with Gasteiger partial charge in [0.2, 0.25) is 0 Å². The molecule has 0 saturated heterocycles. The van der Waals surface area contributed by atoms with E-state index in [4.69, 9.17) is 0 Å². The Morgan fingerprint density at radius 1 is 0.390 bits per heavy atom. The third-order valence-electron chi connectivity index (χ3n) is 9.98. The van der Waals surface area contributed by atoms with Crippen LogP contribution in [0, 0.1) is 0 Å². The summed E-state index contributed by atoms with van der Waals surface area (Å²) in [6.07, 6.45) is 2.03. The van der Waals surface area contributed by atoms with Crippen molar-refractivity contribution < 1.29 is 0 Å². The molecule has 0 N–H and O–H groups in total. The van der Waals surface area contributed by atoms with Gasteiger partial charge in [-0.3, -0.25) is 0 Å². The molecule has 0 saturated carbocycles. The molecule has 0 amide bonds. The maximum atomic E-state index is 2.52. The number of rotatable bonds is 3. The standard InChI is InChI=1S/C40H40Si/c1-39(2,3)41(40(4,5)6,38-24-14-22-32-30-18-10-8-16-28(30)26-36(32)38)37-23-12-11-19-34(37)33-21-13-20-31-29-17-9-7-15-27(29)25-35(31)33/h7-24H,25-26H2,1-6H3. The minimum Gasteiger partial charge on any atom is -0.0623 e. The van der Waals surface area contributed by atoms with Gasteiger partial charge in [-0.05, 0) is 88.9 Å². The van der Waals surface area contributed by atoms with E-state index in [0.29, 0.717) is 0 Å². The molecular formula is C40H40Si. The van der Waals surface area contributed by atoms with Gasteiger partial charge in [0.15, 0.2) is 0 Å². The van der Waals surface area contributed by atoms with Crippen molar-refractivity contribution in [3.63, 3.8) is 0 Å². The summed E-state index contributed by atoms with van der Waals surface area (Å²) < 4.78 is 0. The first-order chi connectivity index (χ1) is 19.6. The first kappa shape index (κ1) is 26.2. The molecule has 0 radical (unpaired) electrons. The molecule has 0 bridgehead atoms. The van der Waals surface area contributed by atoms with Gasteiger partial charge >= 0.3 is 0 Å². The third kappa shape index (κ3) is 3.71. The monoisotopic (exact) mass is 548 g/mol. The molecule has 5 aromatic carbocycles. The fourth-order valence-electron chi connectivity index (χ4n) is 8.85. The summed E-state index contributed by atoms with van der Waals surface area (Å²) in [4.78, 5) is 0. The van der Waals surface area contributed by atoms with Gasteiger partial charge in [0, 0.05) is 0 Å². The van der Waals surface area contributed by atoms with Gasteiger partial charge in [0.05, 0.1) is 0 Å². The summed E-state index contributed by atoms with van der Waals surface area (Å²) in [7, 11) is -2.49. The molecule has 0 nitrogen and oxygen atoms in total. The molecule has 0 aromatic heterocycles. The van der Waals surface area contributed by atoms with Crippen LogP contribution < -0.4 is 10.4 Å². The minimum atomic E-state index is -2.49. The van der Waals surface area contributed by atoms with Gasteiger partial charge in [-0.1, -0.05) is 151 Å². The van der Waals surface area contributed by atoms with Crippen LogP contribution in [-0.4, -0.2) is 8.07 Å². The second kappa shape index (κ2) is 9.16. The van der Waals surface area contributed by atoms with Crippen LogP contribution in [0.3, 0.4) is 0 Å². The fraction of sp³-hybridized carbons (Fsp3) is 0.250. The molecule has 2 aliphatic carbocycles. The first-order valence-corrected chi connectivity index (χ1v) is 17.1. The van der Waals surface area contributed by atoms with Gasteiger partial charge in [0.1, 0.15) is 8.07 Å². The molecular weight excluding hydrogens is 509 g/mol. The van der Waals surface area contributed by atoms with Crippen molar-refractivity contribution in [1.82, 2.24) is 0 Å². The van der Waals surface area contributed by atoms with Crippen LogP contribution >= 0.6 is 0 Å². The average molecular weight is 549 g/mol. The summed E-state index contributed by atoms with van der Waals surface area (Å²) in [6, 6.07) is 41.7. The van der Waals surface area contributed by atoms with Crippen LogP contribution in [0.25, 0.3) is 33.4 Å². The lowest BCUT2D eigenvalue weighted by atomic mass is 9.95. The molecule has 0 aliphatic heterocycles. The Kier molecular flexibility index (Phi) is 5.86. The quantitative estimate of drug-likeness (QED) is 0.193. The lowest BCUT2D eigenvalue weighted by Crippen LogP contribution is -2.70. The lowest BCUT2D eigenvalue weighted by Gasteiger charge is -2.54. The Morgan fingerprint density at radius 2 is 0.780 bits per heavy atom. The predicted molar refractivity (Wildman–Crippen MR) is 179 cm³/mol. The average Bonchev–Trinajstić information content (AvgIpc) is 3.51. The van der Waals surface area contributed by atoms with Crippen molar-refractivity contribution in [3.8, 4) is 33.4 Å². The second-order valence-electron chi connectivity index (χ2n) is 14.1. The van der Waals surface area contributed by atoms with Crippen molar-refractivity contribution in [2.75, 3.05) is 0 Å². The SMILES string of the molecule is CC(C)(C)[Si](c1ccccc1-c1cccc2c1Cc1ccccc1-2)(c1cccc2c1Cc1ccccc1-2)C(C)(C)C. The Morgan fingerprint density at radius 3 is 1.37 bits per heavy atom. The molecule has 7 rings (SSSR count). The van der Waals surface area contributed by atoms with Crippen LogP contribution in [0.2, 0.25) is 10.1 Å². The van der Waals surface area contributed by atoms with Crippen molar-refractivity contribution in [2.24, 2.45) is 0 Å². The molecule has 1 heteroatoms. The van der Waals surface area contributed by atoms with Gasteiger partial charge < -0.3 is 0 Å². The van der Waals surface area contributed by atoms with E-state index in [1.165, 1.54) is 50.1 Å². The molecule has 41 heavy (non-hydrogen) atoms. The fourth-order valence-corrected chi connectivity index (χ4v) is 16.6. The van der Waals surface area contributed by atoms with E-state index in [1.54, 1.807) is 15.9 Å². The highest BCUT2D eigenvalue weighted by molar-refractivity contribution is 7.07. The molecule has 2 aliphatic rings. The van der Waals surface area contributed by atoms with Gasteiger partial charge in [-0.15, -0.1) is 0 Å². The third-order valence-corrected chi connectivity index (χ3v) is 17.0. The smallest absolute Gasteiger partial charge is 0.0623 e. The van der Waals surface area contributed by atoms with Crippen LogP contribution in [0.5, 0.6) is 0 Å². The zero-order valence-electron chi connectivity index (χ0n) is 25.3. The molecule has 0 fully saturated rings. The highest BCUT2D eigenvalue weighted by atomic mass is 28.3. The normalized spacial score (nSPS) is 13.9. The zero-order valence-corrected chi connectivity index (χ0v) is 26.3. The highest BCUT2D eigenvalue weighted by Gasteiger charge is 2.57. The largest absolute Gasteiger partial charge is 0.129 e. The Bertz CT molecular complexity index is 1790. The van der Waals surface area contributed by atoms with Crippen molar-refractivity contribution in [2.45, 2.75) is 64.5 Å². The maximum Gasteiger partial charge on any atom is 0.129 e. The van der Waals surface area contributed by atoms with E-state index in [9.17, 15) is 0 Å². The van der Waals surface area contributed by atoms with Crippen molar-refractivity contribution in [3.05, 3.63) is 131 Å². The van der Waals surface area contributed by atoms with E-state index in [2.05, 4.69) is 151 Å². The topological polar surface area (TPSA) is 0 Å². The highest BCUT2D eigenvalue weighted by Crippen LogP contribution is 2.53. The van der Waals surface area contributed by atoms with E-state index in [1.807, 2.05) is 0 Å². The van der Waals surface area contributed by atoms with E-state index < -0.39 is 8.07 Å². The van der Waals surface area contributed by atoms with Gasteiger partial charge in [-0.2, -0.15) is 0 Å². The van der Waals surface area contributed by atoms with Crippen LogP contribution in [0.4, 0.5) is 0 Å². The second-order valence-corrected chi connectivity index (χ2v) is 19.7. The number of hydrogen-bond donors (Lipinski definition) is 0. The van der Waals surface area contributed by atoms with Crippen molar-refractivity contribution >= 4 is 18.4 Å². The minimum absolute atomic E-state index is 0.0756. The van der Waals surface area contributed by atoms with E-state index >= 15 is 0 Å². The van der Waals surface area contributed by atoms with Crippen molar-refractivity contribution in [1.29, 1.82) is 0 Å². The maximum absolute atomic E-state index is 2.52. The number of fused-ring (bicyclic) bond motifs is 6. The first-order valence-electron chi connectivity index (χ1n) is 15.1. The van der Waals surface area contributed by atoms with E-state index in [-0.39, 0.29) is 10.1 Å². The summed E-state index contributed by atoms with van der Waals surface area (Å²) >= 11 is 0. The zero-order chi connectivity index (χ0) is 28.6. The number of hydrogen-bond acceptors (Lipinski definition) is 0. The summed E-state index contributed by atoms with van der Waals surface area (Å²) in [5, 5.41) is 3.35. The Labute approximate surface area is 247 Å². The lowest BCUT2D eigenvalue weighted by molar-refractivity contribution is 0.636. The van der Waals surface area contributed by atoms with Crippen LogP contribution in [0.1, 0.15) is 63.8 Å².